The van der Waals surface area contributed by atoms with E-state index in [0.717, 1.165) is 38.9 Å². The van der Waals surface area contributed by atoms with Gasteiger partial charge in [0.1, 0.15) is 5.01 Å². The molecular formula is C14H21NO2S. The Balaban J connectivity index is 1.85. The lowest BCUT2D eigenvalue weighted by molar-refractivity contribution is 0.0841. The molecule has 0 atom stereocenters. The zero-order valence-electron chi connectivity index (χ0n) is 10.9. The summed E-state index contributed by atoms with van der Waals surface area (Å²) in [5.74, 6) is 0.569. The second-order valence-corrected chi connectivity index (χ2v) is 6.84. The minimum atomic E-state index is -0.00115. The summed E-state index contributed by atoms with van der Waals surface area (Å²) in [5.41, 5.74) is 1.27. The molecule has 3 rings (SSSR count). The third kappa shape index (κ3) is 2.00. The van der Waals surface area contributed by atoms with Gasteiger partial charge in [-0.15, -0.1) is 11.3 Å². The lowest BCUT2D eigenvalue weighted by atomic mass is 9.70. The standard InChI is InChI=1S/C14H21NO2S/c1-10-12(11-3-7-17-8-4-11)15-13(18-10)14(9-16)5-2-6-14/h11,16H,2-9H2,1H3. The van der Waals surface area contributed by atoms with E-state index in [2.05, 4.69) is 6.92 Å². The van der Waals surface area contributed by atoms with Crippen molar-refractivity contribution in [3.05, 3.63) is 15.6 Å². The molecule has 1 saturated carbocycles. The van der Waals surface area contributed by atoms with Crippen molar-refractivity contribution < 1.29 is 9.84 Å². The van der Waals surface area contributed by atoms with Gasteiger partial charge in [-0.3, -0.25) is 0 Å². The minimum Gasteiger partial charge on any atom is -0.395 e. The third-order valence-electron chi connectivity index (χ3n) is 4.51. The van der Waals surface area contributed by atoms with Crippen LogP contribution in [-0.2, 0) is 10.2 Å². The number of thiazole rings is 1. The van der Waals surface area contributed by atoms with E-state index in [4.69, 9.17) is 9.72 Å². The van der Waals surface area contributed by atoms with Crippen LogP contribution < -0.4 is 0 Å². The average molecular weight is 267 g/mol. The van der Waals surface area contributed by atoms with Gasteiger partial charge >= 0.3 is 0 Å². The Bertz CT molecular complexity index is 414. The lowest BCUT2D eigenvalue weighted by Gasteiger charge is -2.38. The molecule has 18 heavy (non-hydrogen) atoms. The van der Waals surface area contributed by atoms with Gasteiger partial charge in [0.25, 0.3) is 0 Å². The molecule has 3 nitrogen and oxygen atoms in total. The fraction of sp³-hybridized carbons (Fsp3) is 0.786. The van der Waals surface area contributed by atoms with Crippen molar-refractivity contribution in [2.24, 2.45) is 0 Å². The number of aryl methyl sites for hydroxylation is 1. The molecule has 1 N–H and O–H groups in total. The molecule has 4 heteroatoms. The maximum absolute atomic E-state index is 9.65. The summed E-state index contributed by atoms with van der Waals surface area (Å²) in [6.45, 7) is 4.16. The van der Waals surface area contributed by atoms with Gasteiger partial charge in [-0.05, 0) is 32.6 Å². The number of hydrogen-bond acceptors (Lipinski definition) is 4. The van der Waals surface area contributed by atoms with Crippen LogP contribution in [-0.4, -0.2) is 29.9 Å². The first-order chi connectivity index (χ1) is 8.75. The molecule has 100 valence electrons. The summed E-state index contributed by atoms with van der Waals surface area (Å²) in [4.78, 5) is 6.25. The highest BCUT2D eigenvalue weighted by Crippen LogP contribution is 2.46. The summed E-state index contributed by atoms with van der Waals surface area (Å²) < 4.78 is 5.42. The van der Waals surface area contributed by atoms with Crippen LogP contribution in [0.25, 0.3) is 0 Å². The molecule has 0 amide bonds. The first-order valence-corrected chi connectivity index (χ1v) is 7.73. The van der Waals surface area contributed by atoms with Crippen LogP contribution in [0.3, 0.4) is 0 Å². The van der Waals surface area contributed by atoms with E-state index in [0.29, 0.717) is 5.92 Å². The van der Waals surface area contributed by atoms with Crippen LogP contribution in [0.2, 0.25) is 0 Å². The van der Waals surface area contributed by atoms with Gasteiger partial charge in [-0.2, -0.15) is 0 Å². The first kappa shape index (κ1) is 12.6. The highest BCUT2D eigenvalue weighted by Gasteiger charge is 2.41. The van der Waals surface area contributed by atoms with Crippen LogP contribution in [0, 0.1) is 6.92 Å². The first-order valence-electron chi connectivity index (χ1n) is 6.91. The van der Waals surface area contributed by atoms with E-state index < -0.39 is 0 Å². The quantitative estimate of drug-likeness (QED) is 0.915. The van der Waals surface area contributed by atoms with Crippen molar-refractivity contribution in [2.45, 2.75) is 50.4 Å². The Labute approximate surface area is 112 Å². The third-order valence-corrected chi connectivity index (χ3v) is 5.74. The fourth-order valence-corrected chi connectivity index (χ4v) is 4.26. The van der Waals surface area contributed by atoms with Gasteiger partial charge in [-0.25, -0.2) is 4.98 Å². The zero-order chi connectivity index (χ0) is 12.6. The number of ether oxygens (including phenoxy) is 1. The van der Waals surface area contributed by atoms with E-state index in [-0.39, 0.29) is 12.0 Å². The van der Waals surface area contributed by atoms with Crippen molar-refractivity contribution in [3.63, 3.8) is 0 Å². The highest BCUT2D eigenvalue weighted by molar-refractivity contribution is 7.11. The molecule has 2 heterocycles. The van der Waals surface area contributed by atoms with Gasteiger partial charge in [0.2, 0.25) is 0 Å². The van der Waals surface area contributed by atoms with Gasteiger partial charge in [0.05, 0.1) is 12.3 Å². The number of aliphatic hydroxyl groups is 1. The monoisotopic (exact) mass is 267 g/mol. The highest BCUT2D eigenvalue weighted by atomic mass is 32.1. The largest absolute Gasteiger partial charge is 0.395 e. The maximum atomic E-state index is 9.65. The van der Waals surface area contributed by atoms with Crippen LogP contribution in [0.1, 0.15) is 53.6 Å². The Morgan fingerprint density at radius 3 is 2.67 bits per heavy atom. The minimum absolute atomic E-state index is 0.00115. The SMILES string of the molecule is Cc1sc(C2(CO)CCC2)nc1C1CCOCC1. The van der Waals surface area contributed by atoms with Crippen molar-refractivity contribution >= 4 is 11.3 Å². The average Bonchev–Trinajstić information content (AvgIpc) is 2.72. The summed E-state index contributed by atoms with van der Waals surface area (Å²) in [6, 6.07) is 0. The smallest absolute Gasteiger partial charge is 0.102 e. The van der Waals surface area contributed by atoms with Gasteiger partial charge in [0, 0.05) is 29.4 Å². The molecule has 1 aliphatic heterocycles. The molecule has 0 aromatic carbocycles. The molecule has 1 aliphatic carbocycles. The maximum Gasteiger partial charge on any atom is 0.102 e. The Kier molecular flexibility index (Phi) is 3.43. The van der Waals surface area contributed by atoms with Crippen molar-refractivity contribution in [1.82, 2.24) is 4.98 Å². The fourth-order valence-electron chi connectivity index (χ4n) is 3.03. The van der Waals surface area contributed by atoms with Crippen LogP contribution in [0.4, 0.5) is 0 Å². The van der Waals surface area contributed by atoms with E-state index in [1.807, 2.05) is 0 Å². The van der Waals surface area contributed by atoms with E-state index in [1.165, 1.54) is 22.0 Å². The van der Waals surface area contributed by atoms with Gasteiger partial charge < -0.3 is 9.84 Å². The topological polar surface area (TPSA) is 42.4 Å². The number of hydrogen-bond donors (Lipinski definition) is 1. The predicted molar refractivity (Wildman–Crippen MR) is 72.3 cm³/mol. The summed E-state index contributed by atoms with van der Waals surface area (Å²) >= 11 is 1.80. The lowest BCUT2D eigenvalue weighted by Crippen LogP contribution is -2.37. The normalized spacial score (nSPS) is 23.9. The molecule has 0 unspecified atom stereocenters. The van der Waals surface area contributed by atoms with Gasteiger partial charge in [-0.1, -0.05) is 6.42 Å². The summed E-state index contributed by atoms with van der Waals surface area (Å²) in [5, 5.41) is 10.8. The molecular weight excluding hydrogens is 246 g/mol. The van der Waals surface area contributed by atoms with Crippen LogP contribution >= 0.6 is 11.3 Å². The second-order valence-electron chi connectivity index (χ2n) is 5.64. The van der Waals surface area contributed by atoms with Crippen molar-refractivity contribution in [2.75, 3.05) is 19.8 Å². The molecule has 1 aromatic rings. The molecule has 0 spiro atoms. The number of aliphatic hydroxyl groups excluding tert-OH is 1. The molecule has 2 fully saturated rings. The number of nitrogens with zero attached hydrogens (tertiary/aromatic N) is 1. The molecule has 1 aromatic heterocycles. The van der Waals surface area contributed by atoms with Crippen LogP contribution in [0.5, 0.6) is 0 Å². The van der Waals surface area contributed by atoms with Gasteiger partial charge in [0.15, 0.2) is 0 Å². The Hall–Kier alpha value is -0.450. The Morgan fingerprint density at radius 1 is 1.39 bits per heavy atom. The number of aromatic nitrogens is 1. The van der Waals surface area contributed by atoms with Crippen molar-refractivity contribution in [1.29, 1.82) is 0 Å². The molecule has 0 bridgehead atoms. The molecule has 1 saturated heterocycles. The predicted octanol–water partition coefficient (Wildman–Crippen LogP) is 2.76. The summed E-state index contributed by atoms with van der Waals surface area (Å²) in [7, 11) is 0. The van der Waals surface area contributed by atoms with Crippen LogP contribution in [0.15, 0.2) is 0 Å². The Morgan fingerprint density at radius 2 is 2.11 bits per heavy atom. The van der Waals surface area contributed by atoms with E-state index in [9.17, 15) is 5.11 Å². The van der Waals surface area contributed by atoms with Crippen molar-refractivity contribution in [3.8, 4) is 0 Å². The summed E-state index contributed by atoms with van der Waals surface area (Å²) in [6.07, 6.45) is 5.62. The molecule has 2 aliphatic rings. The zero-order valence-corrected chi connectivity index (χ0v) is 11.8. The molecule has 0 radical (unpaired) electrons. The van der Waals surface area contributed by atoms with E-state index in [1.54, 1.807) is 11.3 Å². The van der Waals surface area contributed by atoms with E-state index >= 15 is 0 Å². The number of rotatable bonds is 3. The second kappa shape index (κ2) is 4.91.